The average Bonchev–Trinajstić information content (AvgIpc) is 2.32. The summed E-state index contributed by atoms with van der Waals surface area (Å²) in [6.45, 7) is 1.77. The normalized spacial score (nSPS) is 10.3. The molecule has 0 unspecified atom stereocenters. The quantitative estimate of drug-likeness (QED) is 0.843. The summed E-state index contributed by atoms with van der Waals surface area (Å²) in [4.78, 5) is 14.8. The minimum absolute atomic E-state index is 0.0185. The molecule has 0 fully saturated rings. The van der Waals surface area contributed by atoms with Gasteiger partial charge in [0.25, 0.3) is 0 Å². The van der Waals surface area contributed by atoms with E-state index in [4.69, 9.17) is 16.7 Å². The second kappa shape index (κ2) is 5.24. The molecule has 1 heterocycles. The third-order valence-corrected chi connectivity index (χ3v) is 2.62. The highest BCUT2D eigenvalue weighted by Gasteiger charge is 2.09. The van der Waals surface area contributed by atoms with Crippen LogP contribution in [0.5, 0.6) is 0 Å². The molecule has 6 heteroatoms. The van der Waals surface area contributed by atoms with Crippen LogP contribution < -0.4 is 5.32 Å². The van der Waals surface area contributed by atoms with E-state index in [1.807, 2.05) is 0 Å². The molecule has 98 valence electrons. The summed E-state index contributed by atoms with van der Waals surface area (Å²) in [5, 5.41) is 11.6. The molecular weight excluding hydrogens is 271 g/mol. The molecule has 0 aliphatic carbocycles. The maximum Gasteiger partial charge on any atom is 0.335 e. The van der Waals surface area contributed by atoms with Crippen molar-refractivity contribution in [3.05, 3.63) is 52.4 Å². The minimum atomic E-state index is -1.13. The van der Waals surface area contributed by atoms with Crippen LogP contribution in [0.15, 0.2) is 30.3 Å². The number of carboxylic acid groups (broad SMARTS) is 1. The first-order valence-corrected chi connectivity index (χ1v) is 5.77. The van der Waals surface area contributed by atoms with Crippen molar-refractivity contribution in [3.8, 4) is 0 Å². The molecule has 19 heavy (non-hydrogen) atoms. The van der Waals surface area contributed by atoms with Gasteiger partial charge in [0.05, 0.1) is 11.3 Å². The number of aryl methyl sites for hydroxylation is 1. The number of halogens is 2. The zero-order valence-electron chi connectivity index (χ0n) is 9.95. The van der Waals surface area contributed by atoms with E-state index in [2.05, 4.69) is 10.3 Å². The van der Waals surface area contributed by atoms with Crippen molar-refractivity contribution in [2.75, 3.05) is 5.32 Å². The van der Waals surface area contributed by atoms with E-state index >= 15 is 0 Å². The molecule has 0 bridgehead atoms. The van der Waals surface area contributed by atoms with E-state index in [9.17, 15) is 9.18 Å². The minimum Gasteiger partial charge on any atom is -0.478 e. The predicted octanol–water partition coefficient (Wildman–Crippen LogP) is 3.62. The van der Waals surface area contributed by atoms with Crippen LogP contribution in [0, 0.1) is 12.7 Å². The number of nitrogens with one attached hydrogen (secondary N) is 1. The number of aromatic carboxylic acids is 1. The highest BCUT2D eigenvalue weighted by Crippen LogP contribution is 2.22. The smallest absolute Gasteiger partial charge is 0.335 e. The Kier molecular flexibility index (Phi) is 3.66. The molecule has 0 saturated heterocycles. The van der Waals surface area contributed by atoms with Crippen LogP contribution in [0.2, 0.25) is 5.15 Å². The first-order chi connectivity index (χ1) is 8.95. The lowest BCUT2D eigenvalue weighted by Gasteiger charge is -2.08. The van der Waals surface area contributed by atoms with Gasteiger partial charge in [-0.2, -0.15) is 0 Å². The van der Waals surface area contributed by atoms with Gasteiger partial charge in [-0.3, -0.25) is 0 Å². The molecule has 0 atom stereocenters. The van der Waals surface area contributed by atoms with Crippen molar-refractivity contribution in [3.63, 3.8) is 0 Å². The van der Waals surface area contributed by atoms with E-state index < -0.39 is 11.8 Å². The number of hydrogen-bond donors (Lipinski definition) is 2. The summed E-state index contributed by atoms with van der Waals surface area (Å²) in [6.07, 6.45) is 0. The van der Waals surface area contributed by atoms with Crippen molar-refractivity contribution in [2.24, 2.45) is 0 Å². The van der Waals surface area contributed by atoms with Gasteiger partial charge in [0, 0.05) is 0 Å². The molecule has 0 radical (unpaired) electrons. The van der Waals surface area contributed by atoms with Crippen molar-refractivity contribution >= 4 is 29.1 Å². The van der Waals surface area contributed by atoms with Gasteiger partial charge in [0.1, 0.15) is 16.8 Å². The molecule has 2 rings (SSSR count). The SMILES string of the molecule is Cc1ccc(Nc2cc(C(=O)O)cc(Cl)n2)c(F)c1. The molecule has 0 aliphatic heterocycles. The number of aromatic nitrogens is 1. The highest BCUT2D eigenvalue weighted by atomic mass is 35.5. The van der Waals surface area contributed by atoms with Crippen LogP contribution >= 0.6 is 11.6 Å². The molecular formula is C13H10ClFN2O2. The summed E-state index contributed by atoms with van der Waals surface area (Å²) < 4.78 is 13.7. The lowest BCUT2D eigenvalue weighted by atomic mass is 10.2. The number of pyridine rings is 1. The van der Waals surface area contributed by atoms with Gasteiger partial charge in [-0.25, -0.2) is 14.2 Å². The van der Waals surface area contributed by atoms with Crippen LogP contribution in [0.25, 0.3) is 0 Å². The molecule has 1 aromatic heterocycles. The zero-order chi connectivity index (χ0) is 14.0. The number of carboxylic acids is 1. The largest absolute Gasteiger partial charge is 0.478 e. The van der Waals surface area contributed by atoms with E-state index in [1.54, 1.807) is 19.1 Å². The van der Waals surface area contributed by atoms with Gasteiger partial charge < -0.3 is 10.4 Å². The number of nitrogens with zero attached hydrogens (tertiary/aromatic N) is 1. The second-order valence-corrected chi connectivity index (χ2v) is 4.36. The van der Waals surface area contributed by atoms with Gasteiger partial charge in [0.15, 0.2) is 0 Å². The Bertz CT molecular complexity index is 647. The number of carbonyl (C=O) groups is 1. The maximum absolute atomic E-state index is 13.7. The summed E-state index contributed by atoms with van der Waals surface area (Å²) in [7, 11) is 0. The highest BCUT2D eigenvalue weighted by molar-refractivity contribution is 6.29. The van der Waals surface area contributed by atoms with Crippen LogP contribution in [0.4, 0.5) is 15.9 Å². The fourth-order valence-electron chi connectivity index (χ4n) is 1.54. The molecule has 1 aromatic carbocycles. The third kappa shape index (κ3) is 3.20. The second-order valence-electron chi connectivity index (χ2n) is 3.98. The van der Waals surface area contributed by atoms with Gasteiger partial charge in [-0.1, -0.05) is 17.7 Å². The number of rotatable bonds is 3. The predicted molar refractivity (Wildman–Crippen MR) is 70.6 cm³/mol. The Morgan fingerprint density at radius 3 is 2.74 bits per heavy atom. The Morgan fingerprint density at radius 1 is 1.37 bits per heavy atom. The van der Waals surface area contributed by atoms with Gasteiger partial charge >= 0.3 is 5.97 Å². The van der Waals surface area contributed by atoms with Crippen LogP contribution in [-0.4, -0.2) is 16.1 Å². The van der Waals surface area contributed by atoms with E-state index in [-0.39, 0.29) is 22.2 Å². The lowest BCUT2D eigenvalue weighted by molar-refractivity contribution is 0.0697. The molecule has 0 aliphatic rings. The van der Waals surface area contributed by atoms with Gasteiger partial charge in [0.2, 0.25) is 0 Å². The summed E-state index contributed by atoms with van der Waals surface area (Å²) in [5.74, 6) is -1.40. The Labute approximate surface area is 113 Å². The third-order valence-electron chi connectivity index (χ3n) is 2.43. The fraction of sp³-hybridized carbons (Fsp3) is 0.0769. The van der Waals surface area contributed by atoms with Crippen molar-refractivity contribution < 1.29 is 14.3 Å². The lowest BCUT2D eigenvalue weighted by Crippen LogP contribution is -2.02. The van der Waals surface area contributed by atoms with Gasteiger partial charge in [-0.15, -0.1) is 0 Å². The average molecular weight is 281 g/mol. The topological polar surface area (TPSA) is 62.2 Å². The monoisotopic (exact) mass is 280 g/mol. The summed E-state index contributed by atoms with van der Waals surface area (Å²) in [6, 6.07) is 7.15. The van der Waals surface area contributed by atoms with Crippen molar-refractivity contribution in [1.82, 2.24) is 4.98 Å². The Morgan fingerprint density at radius 2 is 2.11 bits per heavy atom. The first-order valence-electron chi connectivity index (χ1n) is 5.40. The van der Waals surface area contributed by atoms with Crippen LogP contribution in [0.1, 0.15) is 15.9 Å². The number of hydrogen-bond acceptors (Lipinski definition) is 3. The van der Waals surface area contributed by atoms with Crippen LogP contribution in [0.3, 0.4) is 0 Å². The van der Waals surface area contributed by atoms with Gasteiger partial charge in [-0.05, 0) is 36.8 Å². The standard InChI is InChI=1S/C13H10ClFN2O2/c1-7-2-3-10(9(15)4-7)16-12-6-8(13(18)19)5-11(14)17-12/h2-6H,1H3,(H,16,17)(H,18,19). The number of benzene rings is 1. The molecule has 2 N–H and O–H groups in total. The molecule has 0 saturated carbocycles. The Hall–Kier alpha value is -2.14. The van der Waals surface area contributed by atoms with E-state index in [0.717, 1.165) is 5.56 Å². The van der Waals surface area contributed by atoms with Crippen molar-refractivity contribution in [1.29, 1.82) is 0 Å². The summed E-state index contributed by atoms with van der Waals surface area (Å²) in [5.41, 5.74) is 0.972. The van der Waals surface area contributed by atoms with E-state index in [1.165, 1.54) is 18.2 Å². The van der Waals surface area contributed by atoms with Crippen LogP contribution in [-0.2, 0) is 0 Å². The maximum atomic E-state index is 13.7. The van der Waals surface area contributed by atoms with Crippen molar-refractivity contribution in [2.45, 2.75) is 6.92 Å². The molecule has 4 nitrogen and oxygen atoms in total. The molecule has 2 aromatic rings. The van der Waals surface area contributed by atoms with E-state index in [0.29, 0.717) is 0 Å². The number of anilines is 2. The fourth-order valence-corrected chi connectivity index (χ4v) is 1.75. The molecule has 0 amide bonds. The molecule has 0 spiro atoms. The Balaban J connectivity index is 2.35. The zero-order valence-corrected chi connectivity index (χ0v) is 10.7. The summed E-state index contributed by atoms with van der Waals surface area (Å²) >= 11 is 5.72. The first kappa shape index (κ1) is 13.3.